The molecule has 4 rings (SSSR count). The first-order valence-electron chi connectivity index (χ1n) is 9.93. The van der Waals surface area contributed by atoms with Crippen molar-refractivity contribution in [2.45, 2.75) is 69.9 Å². The highest BCUT2D eigenvalue weighted by Crippen LogP contribution is 2.31. The Bertz CT molecular complexity index is 673. The Labute approximate surface area is 150 Å². The Hall–Kier alpha value is -0.950. The van der Waals surface area contributed by atoms with E-state index in [4.69, 9.17) is 0 Å². The molecule has 3 heterocycles. The first-order valence-corrected chi connectivity index (χ1v) is 11.7. The van der Waals surface area contributed by atoms with E-state index in [1.54, 1.807) is 6.33 Å². The maximum Gasteiger partial charge on any atom is 0.151 e. The molecule has 0 bridgehead atoms. The van der Waals surface area contributed by atoms with Gasteiger partial charge in [0.15, 0.2) is 9.84 Å². The van der Waals surface area contributed by atoms with Gasteiger partial charge >= 0.3 is 0 Å². The normalized spacial score (nSPS) is 29.2. The molecule has 0 N–H and O–H groups in total. The van der Waals surface area contributed by atoms with Gasteiger partial charge in [-0.05, 0) is 51.1 Å². The molecule has 6 nitrogen and oxygen atoms in total. The fraction of sp³-hybridized carbons (Fsp3) is 0.889. The summed E-state index contributed by atoms with van der Waals surface area (Å²) < 4.78 is 25.6. The SMILES string of the molecule is O=S1(=O)CC[C@H](N2CCC(c3ncnn3CC3CCCCC3)CC2)C1. The van der Waals surface area contributed by atoms with Crippen LogP contribution in [-0.2, 0) is 16.4 Å². The minimum atomic E-state index is -2.79. The van der Waals surface area contributed by atoms with Gasteiger partial charge in [-0.2, -0.15) is 5.10 Å². The molecule has 0 aromatic carbocycles. The van der Waals surface area contributed by atoms with E-state index in [0.717, 1.165) is 50.6 Å². The minimum Gasteiger partial charge on any atom is -0.299 e. The molecular formula is C18H30N4O2S. The van der Waals surface area contributed by atoms with Crippen LogP contribution in [0.1, 0.15) is 63.1 Å². The molecular weight excluding hydrogens is 336 g/mol. The molecule has 1 saturated carbocycles. The molecule has 3 aliphatic rings. The highest BCUT2D eigenvalue weighted by atomic mass is 32.2. The monoisotopic (exact) mass is 366 g/mol. The quantitative estimate of drug-likeness (QED) is 0.817. The zero-order chi connectivity index (χ0) is 17.3. The second-order valence-corrected chi connectivity index (χ2v) is 10.4. The van der Waals surface area contributed by atoms with Crippen LogP contribution >= 0.6 is 0 Å². The average molecular weight is 367 g/mol. The number of piperidine rings is 1. The van der Waals surface area contributed by atoms with E-state index >= 15 is 0 Å². The number of likely N-dealkylation sites (tertiary alicyclic amines) is 1. The van der Waals surface area contributed by atoms with Gasteiger partial charge in [0, 0.05) is 18.5 Å². The molecule has 1 aliphatic carbocycles. The van der Waals surface area contributed by atoms with Crippen molar-refractivity contribution in [2.75, 3.05) is 24.6 Å². The molecule has 0 unspecified atom stereocenters. The fourth-order valence-corrected chi connectivity index (χ4v) is 6.69. The van der Waals surface area contributed by atoms with E-state index in [-0.39, 0.29) is 6.04 Å². The summed E-state index contributed by atoms with van der Waals surface area (Å²) in [6.07, 6.45) is 11.4. The zero-order valence-corrected chi connectivity index (χ0v) is 15.8. The molecule has 2 aliphatic heterocycles. The lowest BCUT2D eigenvalue weighted by Crippen LogP contribution is -2.42. The number of rotatable bonds is 4. The lowest BCUT2D eigenvalue weighted by Gasteiger charge is -2.35. The van der Waals surface area contributed by atoms with Gasteiger partial charge in [0.2, 0.25) is 0 Å². The summed E-state index contributed by atoms with van der Waals surface area (Å²) in [6, 6.07) is 0.242. The predicted octanol–water partition coefficient (Wildman–Crippen LogP) is 2.22. The van der Waals surface area contributed by atoms with Gasteiger partial charge in [-0.15, -0.1) is 0 Å². The standard InChI is InChI=1S/C18H30N4O2S/c23-25(24)11-8-17(13-25)21-9-6-16(7-10-21)18-19-14-20-22(18)12-15-4-2-1-3-5-15/h14-17H,1-13H2/t17-/m0/s1. The second kappa shape index (κ2) is 7.35. The van der Waals surface area contributed by atoms with E-state index < -0.39 is 9.84 Å². The molecule has 0 spiro atoms. The van der Waals surface area contributed by atoms with E-state index in [1.165, 1.54) is 32.1 Å². The van der Waals surface area contributed by atoms with Crippen LogP contribution in [0, 0.1) is 5.92 Å². The van der Waals surface area contributed by atoms with Crippen molar-refractivity contribution in [3.05, 3.63) is 12.2 Å². The number of aromatic nitrogens is 3. The van der Waals surface area contributed by atoms with E-state index in [9.17, 15) is 8.42 Å². The largest absolute Gasteiger partial charge is 0.299 e. The Morgan fingerprint density at radius 3 is 2.48 bits per heavy atom. The topological polar surface area (TPSA) is 68.1 Å². The molecule has 1 aromatic rings. The van der Waals surface area contributed by atoms with Crippen LogP contribution < -0.4 is 0 Å². The fourth-order valence-electron chi connectivity index (χ4n) is 4.93. The first kappa shape index (κ1) is 17.5. The van der Waals surface area contributed by atoms with Crippen LogP contribution in [-0.4, -0.2) is 58.7 Å². The van der Waals surface area contributed by atoms with Crippen LogP contribution in [0.25, 0.3) is 0 Å². The van der Waals surface area contributed by atoms with E-state index in [0.29, 0.717) is 17.4 Å². The molecule has 1 aromatic heterocycles. The van der Waals surface area contributed by atoms with Crippen molar-refractivity contribution in [2.24, 2.45) is 5.92 Å². The van der Waals surface area contributed by atoms with Crippen molar-refractivity contribution in [1.82, 2.24) is 19.7 Å². The third kappa shape index (κ3) is 4.08. The number of hydrogen-bond acceptors (Lipinski definition) is 5. The van der Waals surface area contributed by atoms with Gasteiger partial charge in [0.25, 0.3) is 0 Å². The summed E-state index contributed by atoms with van der Waals surface area (Å²) >= 11 is 0. The Morgan fingerprint density at radius 2 is 1.80 bits per heavy atom. The van der Waals surface area contributed by atoms with E-state index in [2.05, 4.69) is 19.7 Å². The second-order valence-electron chi connectivity index (χ2n) is 8.17. The highest BCUT2D eigenvalue weighted by Gasteiger charge is 2.35. The smallest absolute Gasteiger partial charge is 0.151 e. The highest BCUT2D eigenvalue weighted by molar-refractivity contribution is 7.91. The Morgan fingerprint density at radius 1 is 1.04 bits per heavy atom. The number of nitrogens with zero attached hydrogens (tertiary/aromatic N) is 4. The van der Waals surface area contributed by atoms with Gasteiger partial charge in [-0.1, -0.05) is 19.3 Å². The zero-order valence-electron chi connectivity index (χ0n) is 15.0. The predicted molar refractivity (Wildman–Crippen MR) is 97.2 cm³/mol. The molecule has 3 fully saturated rings. The van der Waals surface area contributed by atoms with Gasteiger partial charge in [0.1, 0.15) is 12.2 Å². The molecule has 0 amide bonds. The van der Waals surface area contributed by atoms with Crippen molar-refractivity contribution in [3.8, 4) is 0 Å². The number of hydrogen-bond donors (Lipinski definition) is 0. The van der Waals surface area contributed by atoms with Gasteiger partial charge in [-0.25, -0.2) is 18.1 Å². The van der Waals surface area contributed by atoms with E-state index in [1.807, 2.05) is 0 Å². The van der Waals surface area contributed by atoms with Crippen LogP contribution in [0.5, 0.6) is 0 Å². The molecule has 140 valence electrons. The third-order valence-electron chi connectivity index (χ3n) is 6.42. The lowest BCUT2D eigenvalue weighted by molar-refractivity contribution is 0.160. The average Bonchev–Trinajstić information content (AvgIpc) is 3.22. The lowest BCUT2D eigenvalue weighted by atomic mass is 9.89. The van der Waals surface area contributed by atoms with Crippen molar-refractivity contribution >= 4 is 9.84 Å². The van der Waals surface area contributed by atoms with Crippen LogP contribution in [0.15, 0.2) is 6.33 Å². The summed E-state index contributed by atoms with van der Waals surface area (Å²) in [7, 11) is -2.79. The van der Waals surface area contributed by atoms with Gasteiger partial charge < -0.3 is 0 Å². The molecule has 1 atom stereocenters. The Balaban J connectivity index is 1.34. The van der Waals surface area contributed by atoms with Crippen LogP contribution in [0.3, 0.4) is 0 Å². The van der Waals surface area contributed by atoms with Crippen molar-refractivity contribution in [3.63, 3.8) is 0 Å². The van der Waals surface area contributed by atoms with Crippen LogP contribution in [0.2, 0.25) is 0 Å². The summed E-state index contributed by atoms with van der Waals surface area (Å²) in [5.41, 5.74) is 0. The van der Waals surface area contributed by atoms with Crippen LogP contribution in [0.4, 0.5) is 0 Å². The maximum atomic E-state index is 11.7. The third-order valence-corrected chi connectivity index (χ3v) is 8.17. The summed E-state index contributed by atoms with van der Waals surface area (Å²) in [5.74, 6) is 3.12. The van der Waals surface area contributed by atoms with Gasteiger partial charge in [-0.3, -0.25) is 4.90 Å². The summed E-state index contributed by atoms with van der Waals surface area (Å²) in [6.45, 7) is 3.00. The minimum absolute atomic E-state index is 0.242. The summed E-state index contributed by atoms with van der Waals surface area (Å²) in [4.78, 5) is 6.98. The van der Waals surface area contributed by atoms with Crippen molar-refractivity contribution in [1.29, 1.82) is 0 Å². The number of sulfone groups is 1. The molecule has 0 radical (unpaired) electrons. The van der Waals surface area contributed by atoms with Crippen molar-refractivity contribution < 1.29 is 8.42 Å². The maximum absolute atomic E-state index is 11.7. The Kier molecular flexibility index (Phi) is 5.13. The van der Waals surface area contributed by atoms with Gasteiger partial charge in [0.05, 0.1) is 11.5 Å². The molecule has 25 heavy (non-hydrogen) atoms. The first-order chi connectivity index (χ1) is 12.1. The summed E-state index contributed by atoms with van der Waals surface area (Å²) in [5, 5.41) is 4.51. The molecule has 2 saturated heterocycles. The molecule has 7 heteroatoms.